The molecule has 0 aliphatic rings. The molecule has 0 bridgehead atoms. The van der Waals surface area contributed by atoms with Gasteiger partial charge in [-0.2, -0.15) is 0 Å². The molecule has 0 saturated heterocycles. The van der Waals surface area contributed by atoms with Crippen LogP contribution in [0.25, 0.3) is 0 Å². The maximum absolute atomic E-state index is 5.91. The van der Waals surface area contributed by atoms with Gasteiger partial charge >= 0.3 is 0 Å². The third kappa shape index (κ3) is 2.70. The first kappa shape index (κ1) is 10.9. The van der Waals surface area contributed by atoms with Gasteiger partial charge in [0.2, 0.25) is 0 Å². The van der Waals surface area contributed by atoms with Gasteiger partial charge in [-0.15, -0.1) is 0 Å². The first-order valence-electron chi connectivity index (χ1n) is 4.98. The molecule has 0 saturated carbocycles. The summed E-state index contributed by atoms with van der Waals surface area (Å²) in [6.07, 6.45) is 0.645. The van der Waals surface area contributed by atoms with Crippen molar-refractivity contribution in [1.29, 1.82) is 0 Å². The number of anilines is 1. The van der Waals surface area contributed by atoms with Crippen molar-refractivity contribution in [3.8, 4) is 0 Å². The van der Waals surface area contributed by atoms with Crippen LogP contribution in [0.5, 0.6) is 0 Å². The largest absolute Gasteiger partial charge is 0.384 e. The third-order valence-corrected chi connectivity index (χ3v) is 2.41. The van der Waals surface area contributed by atoms with Crippen LogP contribution in [0, 0.1) is 6.92 Å². The van der Waals surface area contributed by atoms with Gasteiger partial charge in [0.25, 0.3) is 0 Å². The summed E-state index contributed by atoms with van der Waals surface area (Å²) in [5, 5.41) is 0.720. The van der Waals surface area contributed by atoms with Gasteiger partial charge in [0.15, 0.2) is 0 Å². The average molecular weight is 234 g/mol. The zero-order valence-electron chi connectivity index (χ0n) is 8.94. The number of halogens is 1. The van der Waals surface area contributed by atoms with Crippen molar-refractivity contribution in [2.24, 2.45) is 0 Å². The number of nitrogen functional groups attached to an aromatic ring is 1. The van der Waals surface area contributed by atoms with Gasteiger partial charge in [0.1, 0.15) is 11.6 Å². The van der Waals surface area contributed by atoms with E-state index in [0.29, 0.717) is 12.2 Å². The summed E-state index contributed by atoms with van der Waals surface area (Å²) in [6.45, 7) is 1.90. The van der Waals surface area contributed by atoms with Crippen molar-refractivity contribution in [1.82, 2.24) is 9.97 Å². The minimum atomic E-state index is 0.504. The van der Waals surface area contributed by atoms with E-state index >= 15 is 0 Å². The molecule has 4 heteroatoms. The Labute approximate surface area is 99.3 Å². The van der Waals surface area contributed by atoms with E-state index in [4.69, 9.17) is 17.3 Å². The zero-order valence-corrected chi connectivity index (χ0v) is 9.70. The second kappa shape index (κ2) is 4.49. The molecule has 2 N–H and O–H groups in total. The topological polar surface area (TPSA) is 51.8 Å². The molecule has 0 unspecified atom stereocenters. The lowest BCUT2D eigenvalue weighted by atomic mass is 10.1. The number of nitrogens with zero attached hydrogens (tertiary/aromatic N) is 2. The van der Waals surface area contributed by atoms with Crippen molar-refractivity contribution < 1.29 is 0 Å². The quantitative estimate of drug-likeness (QED) is 0.868. The summed E-state index contributed by atoms with van der Waals surface area (Å²) in [4.78, 5) is 8.51. The molecule has 0 aliphatic carbocycles. The molecule has 2 rings (SSSR count). The average Bonchev–Trinajstić information content (AvgIpc) is 2.15. The fourth-order valence-electron chi connectivity index (χ4n) is 1.56. The summed E-state index contributed by atoms with van der Waals surface area (Å²) in [5.74, 6) is 1.23. The van der Waals surface area contributed by atoms with E-state index in [1.165, 1.54) is 0 Å². The van der Waals surface area contributed by atoms with Gasteiger partial charge in [0.05, 0.1) is 0 Å². The van der Waals surface area contributed by atoms with Crippen molar-refractivity contribution in [3.63, 3.8) is 0 Å². The lowest BCUT2D eigenvalue weighted by Gasteiger charge is -2.03. The first-order valence-corrected chi connectivity index (χ1v) is 5.36. The predicted molar refractivity (Wildman–Crippen MR) is 65.4 cm³/mol. The highest BCUT2D eigenvalue weighted by Crippen LogP contribution is 2.13. The second-order valence-corrected chi connectivity index (χ2v) is 4.09. The van der Waals surface area contributed by atoms with E-state index in [1.54, 1.807) is 6.07 Å². The normalized spacial score (nSPS) is 10.4. The van der Waals surface area contributed by atoms with E-state index in [1.807, 2.05) is 31.2 Å². The molecule has 82 valence electrons. The maximum atomic E-state index is 5.91. The highest BCUT2D eigenvalue weighted by atomic mass is 35.5. The fraction of sp³-hybridized carbons (Fsp3) is 0.167. The lowest BCUT2D eigenvalue weighted by molar-refractivity contribution is 0.948. The number of nitrogens with two attached hydrogens (primary N) is 1. The Morgan fingerprint density at radius 3 is 2.75 bits per heavy atom. The van der Waals surface area contributed by atoms with Crippen molar-refractivity contribution in [3.05, 3.63) is 52.4 Å². The highest BCUT2D eigenvalue weighted by Gasteiger charge is 2.02. The molecule has 0 spiro atoms. The van der Waals surface area contributed by atoms with Crippen LogP contribution >= 0.6 is 11.6 Å². The second-order valence-electron chi connectivity index (χ2n) is 3.66. The SMILES string of the molecule is Cc1cc(N)nc(Cc2cccc(Cl)c2)n1. The van der Waals surface area contributed by atoms with Crippen LogP contribution < -0.4 is 5.73 Å². The Balaban J connectivity index is 2.27. The standard InChI is InChI=1S/C12H12ClN3/c1-8-5-11(14)16-12(15-8)7-9-3-2-4-10(13)6-9/h2-6H,7H2,1H3,(H2,14,15,16). The molecule has 0 fully saturated rings. The number of rotatable bonds is 2. The van der Waals surface area contributed by atoms with Crippen molar-refractivity contribution in [2.75, 3.05) is 5.73 Å². The number of hydrogen-bond acceptors (Lipinski definition) is 3. The molecular weight excluding hydrogens is 222 g/mol. The molecule has 1 heterocycles. The molecule has 1 aromatic heterocycles. The molecule has 3 nitrogen and oxygen atoms in total. The molecule has 16 heavy (non-hydrogen) atoms. The van der Waals surface area contributed by atoms with E-state index in [0.717, 1.165) is 22.1 Å². The van der Waals surface area contributed by atoms with Crippen LogP contribution in [-0.2, 0) is 6.42 Å². The number of hydrogen-bond donors (Lipinski definition) is 1. The molecule has 1 aromatic carbocycles. The molecule has 0 radical (unpaired) electrons. The van der Waals surface area contributed by atoms with E-state index in [9.17, 15) is 0 Å². The van der Waals surface area contributed by atoms with Crippen LogP contribution in [0.3, 0.4) is 0 Å². The third-order valence-electron chi connectivity index (χ3n) is 2.17. The van der Waals surface area contributed by atoms with E-state index in [2.05, 4.69) is 9.97 Å². The Morgan fingerprint density at radius 2 is 2.06 bits per heavy atom. The highest BCUT2D eigenvalue weighted by molar-refractivity contribution is 6.30. The summed E-state index contributed by atoms with van der Waals surface area (Å²) in [5.41, 5.74) is 7.63. The van der Waals surface area contributed by atoms with Crippen LogP contribution in [0.2, 0.25) is 5.02 Å². The first-order chi connectivity index (χ1) is 7.63. The summed E-state index contributed by atoms with van der Waals surface area (Å²) in [6, 6.07) is 9.41. The summed E-state index contributed by atoms with van der Waals surface area (Å²) in [7, 11) is 0. The Hall–Kier alpha value is -1.61. The van der Waals surface area contributed by atoms with E-state index < -0.39 is 0 Å². The van der Waals surface area contributed by atoms with Gasteiger partial charge in [-0.1, -0.05) is 23.7 Å². The van der Waals surface area contributed by atoms with Crippen LogP contribution in [0.15, 0.2) is 30.3 Å². The minimum Gasteiger partial charge on any atom is -0.384 e. The Morgan fingerprint density at radius 1 is 1.25 bits per heavy atom. The fourth-order valence-corrected chi connectivity index (χ4v) is 1.78. The molecule has 0 aliphatic heterocycles. The summed E-state index contributed by atoms with van der Waals surface area (Å²) < 4.78 is 0. The van der Waals surface area contributed by atoms with Gasteiger partial charge < -0.3 is 5.73 Å². The Kier molecular flexibility index (Phi) is 3.06. The smallest absolute Gasteiger partial charge is 0.135 e. The van der Waals surface area contributed by atoms with Crippen molar-refractivity contribution >= 4 is 17.4 Å². The lowest BCUT2D eigenvalue weighted by Crippen LogP contribution is -2.02. The van der Waals surface area contributed by atoms with E-state index in [-0.39, 0.29) is 0 Å². The molecule has 2 aromatic rings. The minimum absolute atomic E-state index is 0.504. The predicted octanol–water partition coefficient (Wildman–Crippen LogP) is 2.61. The monoisotopic (exact) mass is 233 g/mol. The van der Waals surface area contributed by atoms with Gasteiger partial charge in [0, 0.05) is 23.2 Å². The van der Waals surface area contributed by atoms with Crippen molar-refractivity contribution in [2.45, 2.75) is 13.3 Å². The van der Waals surface area contributed by atoms with Crippen LogP contribution in [-0.4, -0.2) is 9.97 Å². The molecule has 0 amide bonds. The van der Waals surface area contributed by atoms with Crippen LogP contribution in [0.1, 0.15) is 17.1 Å². The molecular formula is C12H12ClN3. The van der Waals surface area contributed by atoms with Gasteiger partial charge in [-0.3, -0.25) is 0 Å². The maximum Gasteiger partial charge on any atom is 0.135 e. The Bertz CT molecular complexity index is 491. The van der Waals surface area contributed by atoms with Gasteiger partial charge in [-0.05, 0) is 24.6 Å². The zero-order chi connectivity index (χ0) is 11.5. The van der Waals surface area contributed by atoms with Crippen LogP contribution in [0.4, 0.5) is 5.82 Å². The number of benzene rings is 1. The number of aromatic nitrogens is 2. The molecule has 0 atom stereocenters. The summed E-state index contributed by atoms with van der Waals surface area (Å²) >= 11 is 5.91. The van der Waals surface area contributed by atoms with Gasteiger partial charge in [-0.25, -0.2) is 9.97 Å². The number of aryl methyl sites for hydroxylation is 1.